The van der Waals surface area contributed by atoms with E-state index >= 15 is 0 Å². The second kappa shape index (κ2) is 8.11. The molecule has 0 saturated heterocycles. The minimum absolute atomic E-state index is 0.194. The van der Waals surface area contributed by atoms with Crippen molar-refractivity contribution < 1.29 is 14.3 Å². The molecule has 3 aromatic rings. The molecule has 0 spiro atoms. The molecule has 0 aliphatic heterocycles. The van der Waals surface area contributed by atoms with Gasteiger partial charge in [-0.05, 0) is 50.1 Å². The van der Waals surface area contributed by atoms with Crippen molar-refractivity contribution in [3.63, 3.8) is 0 Å². The summed E-state index contributed by atoms with van der Waals surface area (Å²) in [6.07, 6.45) is 1.32. The molecule has 1 heterocycles. The van der Waals surface area contributed by atoms with Crippen molar-refractivity contribution in [3.8, 4) is 11.5 Å². The smallest absolute Gasteiger partial charge is 0.349 e. The predicted molar refractivity (Wildman–Crippen MR) is 112 cm³/mol. The fraction of sp³-hybridized carbons (Fsp3) is 0.111. The molecule has 3 rings (SSSR count). The Hall–Kier alpha value is -2.72. The standard InChI is InChI=1S/C18H13Br2N3O5/c1-9(24)28-16-13(27-2)7-10(14(19)15(16)20)8-21-23-17(25)11-5-3-4-6-12(11)22-18(23)26/h3-8H,1-2H3,(H,22,26). The van der Waals surface area contributed by atoms with Crippen LogP contribution in [0.2, 0.25) is 0 Å². The van der Waals surface area contributed by atoms with Gasteiger partial charge < -0.3 is 14.5 Å². The van der Waals surface area contributed by atoms with Gasteiger partial charge in [0.25, 0.3) is 5.56 Å². The van der Waals surface area contributed by atoms with Crippen molar-refractivity contribution in [2.24, 2.45) is 5.10 Å². The molecule has 0 atom stereocenters. The van der Waals surface area contributed by atoms with E-state index in [0.717, 1.165) is 4.68 Å². The number of fused-ring (bicyclic) bond motifs is 1. The van der Waals surface area contributed by atoms with Crippen LogP contribution in [0.5, 0.6) is 11.5 Å². The van der Waals surface area contributed by atoms with Gasteiger partial charge >= 0.3 is 11.7 Å². The Labute approximate surface area is 175 Å². The van der Waals surface area contributed by atoms with Crippen LogP contribution in [-0.4, -0.2) is 29.0 Å². The summed E-state index contributed by atoms with van der Waals surface area (Å²) in [6.45, 7) is 1.27. The summed E-state index contributed by atoms with van der Waals surface area (Å²) in [4.78, 5) is 38.7. The number of aromatic nitrogens is 2. The summed E-state index contributed by atoms with van der Waals surface area (Å²) < 4.78 is 12.1. The largest absolute Gasteiger partial charge is 0.493 e. The average molecular weight is 511 g/mol. The molecule has 144 valence electrons. The van der Waals surface area contributed by atoms with Crippen molar-refractivity contribution in [2.45, 2.75) is 6.92 Å². The Balaban J connectivity index is 2.12. The zero-order chi connectivity index (χ0) is 20.4. The number of benzene rings is 2. The molecule has 0 saturated carbocycles. The number of hydrogen-bond donors (Lipinski definition) is 1. The number of esters is 1. The Morgan fingerprint density at radius 1 is 1.21 bits per heavy atom. The van der Waals surface area contributed by atoms with Crippen LogP contribution in [-0.2, 0) is 4.79 Å². The van der Waals surface area contributed by atoms with Gasteiger partial charge in [0.15, 0.2) is 11.5 Å². The van der Waals surface area contributed by atoms with Crippen LogP contribution in [0.4, 0.5) is 0 Å². The van der Waals surface area contributed by atoms with Gasteiger partial charge in [-0.2, -0.15) is 5.10 Å². The number of nitrogens with zero attached hydrogens (tertiary/aromatic N) is 2. The molecule has 8 nitrogen and oxygen atoms in total. The number of H-pyrrole nitrogens is 1. The Bertz CT molecular complexity index is 1230. The molecule has 0 bridgehead atoms. The maximum atomic E-state index is 12.5. The summed E-state index contributed by atoms with van der Waals surface area (Å²) >= 11 is 6.71. The molecular formula is C18H13Br2N3O5. The number of halogens is 2. The number of hydrogen-bond acceptors (Lipinski definition) is 6. The van der Waals surface area contributed by atoms with Crippen LogP contribution < -0.4 is 20.7 Å². The molecular weight excluding hydrogens is 498 g/mol. The second-order valence-electron chi connectivity index (χ2n) is 5.56. The van der Waals surface area contributed by atoms with Gasteiger partial charge in [0, 0.05) is 17.0 Å². The number of aromatic amines is 1. The topological polar surface area (TPSA) is 103 Å². The SMILES string of the molecule is COc1cc(C=Nn2c(=O)[nH]c3ccccc3c2=O)c(Br)c(Br)c1OC(C)=O. The van der Waals surface area contributed by atoms with Crippen molar-refractivity contribution in [1.82, 2.24) is 9.66 Å². The van der Waals surface area contributed by atoms with E-state index in [4.69, 9.17) is 9.47 Å². The Kier molecular flexibility index (Phi) is 5.80. The van der Waals surface area contributed by atoms with Crippen molar-refractivity contribution in [1.29, 1.82) is 0 Å². The van der Waals surface area contributed by atoms with E-state index in [2.05, 4.69) is 41.9 Å². The number of methoxy groups -OCH3 is 1. The highest BCUT2D eigenvalue weighted by Gasteiger charge is 2.18. The summed E-state index contributed by atoms with van der Waals surface area (Å²) in [5.74, 6) is -0.0483. The highest BCUT2D eigenvalue weighted by Crippen LogP contribution is 2.42. The average Bonchev–Trinajstić information content (AvgIpc) is 2.66. The third kappa shape index (κ3) is 3.78. The third-order valence-electron chi connectivity index (χ3n) is 3.72. The van der Waals surface area contributed by atoms with E-state index in [9.17, 15) is 14.4 Å². The molecule has 2 aromatic carbocycles. The van der Waals surface area contributed by atoms with E-state index in [1.165, 1.54) is 20.2 Å². The summed E-state index contributed by atoms with van der Waals surface area (Å²) in [7, 11) is 1.42. The van der Waals surface area contributed by atoms with Crippen LogP contribution >= 0.6 is 31.9 Å². The van der Waals surface area contributed by atoms with E-state index in [-0.39, 0.29) is 11.5 Å². The van der Waals surface area contributed by atoms with Gasteiger partial charge in [0.1, 0.15) is 0 Å². The van der Waals surface area contributed by atoms with Gasteiger partial charge in [0.2, 0.25) is 0 Å². The Morgan fingerprint density at radius 2 is 1.93 bits per heavy atom. The highest BCUT2D eigenvalue weighted by atomic mass is 79.9. The van der Waals surface area contributed by atoms with Crippen LogP contribution in [0.25, 0.3) is 10.9 Å². The molecule has 28 heavy (non-hydrogen) atoms. The lowest BCUT2D eigenvalue weighted by Crippen LogP contribution is -2.32. The molecule has 0 aliphatic carbocycles. The number of para-hydroxylation sites is 1. The zero-order valence-electron chi connectivity index (χ0n) is 14.7. The lowest BCUT2D eigenvalue weighted by atomic mass is 10.2. The van der Waals surface area contributed by atoms with E-state index in [1.807, 2.05) is 0 Å². The minimum Gasteiger partial charge on any atom is -0.493 e. The van der Waals surface area contributed by atoms with E-state index in [0.29, 0.717) is 25.4 Å². The van der Waals surface area contributed by atoms with Crippen LogP contribution in [0.15, 0.2) is 54.0 Å². The van der Waals surface area contributed by atoms with Crippen molar-refractivity contribution in [2.75, 3.05) is 7.11 Å². The summed E-state index contributed by atoms with van der Waals surface area (Å²) in [5.41, 5.74) is -0.299. The van der Waals surface area contributed by atoms with Crippen LogP contribution in [0.1, 0.15) is 12.5 Å². The number of rotatable bonds is 4. The summed E-state index contributed by atoms with van der Waals surface area (Å²) in [5, 5.41) is 4.35. The predicted octanol–water partition coefficient (Wildman–Crippen LogP) is 3.03. The molecule has 0 radical (unpaired) electrons. The number of carbonyl (C=O) groups is 1. The minimum atomic E-state index is -0.668. The lowest BCUT2D eigenvalue weighted by molar-refractivity contribution is -0.132. The van der Waals surface area contributed by atoms with Gasteiger partial charge in [-0.15, -0.1) is 4.68 Å². The van der Waals surface area contributed by atoms with Gasteiger partial charge in [0.05, 0.1) is 28.7 Å². The first-order chi connectivity index (χ1) is 13.3. The highest BCUT2D eigenvalue weighted by molar-refractivity contribution is 9.13. The molecule has 0 amide bonds. The first kappa shape index (κ1) is 20.0. The first-order valence-electron chi connectivity index (χ1n) is 7.86. The number of nitrogens with one attached hydrogen (secondary N) is 1. The molecule has 0 fully saturated rings. The molecule has 0 unspecified atom stereocenters. The lowest BCUT2D eigenvalue weighted by Gasteiger charge is -2.13. The number of carbonyl (C=O) groups excluding carboxylic acids is 1. The van der Waals surface area contributed by atoms with Crippen molar-refractivity contribution in [3.05, 3.63) is 65.7 Å². The second-order valence-corrected chi connectivity index (χ2v) is 7.14. The van der Waals surface area contributed by atoms with Crippen LogP contribution in [0, 0.1) is 0 Å². The monoisotopic (exact) mass is 509 g/mol. The Morgan fingerprint density at radius 3 is 2.61 bits per heavy atom. The van der Waals surface area contributed by atoms with E-state index in [1.54, 1.807) is 30.3 Å². The molecule has 0 aliphatic rings. The maximum absolute atomic E-state index is 12.5. The fourth-order valence-electron chi connectivity index (χ4n) is 2.47. The zero-order valence-corrected chi connectivity index (χ0v) is 17.8. The number of ether oxygens (including phenoxy) is 2. The van der Waals surface area contributed by atoms with Gasteiger partial charge in [-0.25, -0.2) is 4.79 Å². The van der Waals surface area contributed by atoms with Gasteiger partial charge in [-0.1, -0.05) is 12.1 Å². The molecule has 1 N–H and O–H groups in total. The normalized spacial score (nSPS) is 11.1. The third-order valence-corrected chi connectivity index (χ3v) is 5.86. The molecule has 1 aromatic heterocycles. The maximum Gasteiger partial charge on any atom is 0.349 e. The first-order valence-corrected chi connectivity index (χ1v) is 9.45. The van der Waals surface area contributed by atoms with E-state index < -0.39 is 17.2 Å². The molecule has 10 heteroatoms. The van der Waals surface area contributed by atoms with Crippen molar-refractivity contribution >= 4 is 54.9 Å². The van der Waals surface area contributed by atoms with Crippen LogP contribution in [0.3, 0.4) is 0 Å². The quantitative estimate of drug-likeness (QED) is 0.330. The van der Waals surface area contributed by atoms with Gasteiger partial charge in [-0.3, -0.25) is 9.59 Å². The summed E-state index contributed by atoms with van der Waals surface area (Å²) in [6, 6.07) is 8.21. The fourth-order valence-corrected chi connectivity index (χ4v) is 3.37.